The Hall–Kier alpha value is -1.88. The smallest absolute Gasteiger partial charge is 0.224 e. The predicted molar refractivity (Wildman–Crippen MR) is 85.7 cm³/mol. The van der Waals surface area contributed by atoms with Crippen LogP contribution in [0.4, 0.5) is 11.8 Å². The second-order valence-corrected chi connectivity index (χ2v) is 5.94. The monoisotopic (exact) mass is 286 g/mol. The van der Waals surface area contributed by atoms with Crippen LogP contribution in [0, 0.1) is 5.41 Å². The molecule has 2 aromatic rings. The minimum atomic E-state index is 0.268. The third kappa shape index (κ3) is 3.08. The van der Waals surface area contributed by atoms with Crippen LogP contribution in [0.25, 0.3) is 10.9 Å². The molecule has 0 saturated carbocycles. The van der Waals surface area contributed by atoms with E-state index in [9.17, 15) is 0 Å². The van der Waals surface area contributed by atoms with E-state index >= 15 is 0 Å². The molecule has 3 rings (SSSR count). The summed E-state index contributed by atoms with van der Waals surface area (Å²) in [6.07, 6.45) is 2.17. The lowest BCUT2D eigenvalue weighted by Crippen LogP contribution is -2.33. The topological polar surface area (TPSA) is 59.1 Å². The normalized spacial score (nSPS) is 17.6. The second-order valence-electron chi connectivity index (χ2n) is 5.94. The molecule has 112 valence electrons. The molecule has 1 aliphatic rings. The molecule has 0 amide bonds. The van der Waals surface area contributed by atoms with E-state index in [0.717, 1.165) is 49.3 Å². The lowest BCUT2D eigenvalue weighted by atomic mass is 9.82. The molecule has 1 saturated heterocycles. The second kappa shape index (κ2) is 5.85. The summed E-state index contributed by atoms with van der Waals surface area (Å²) in [4.78, 5) is 9.05. The van der Waals surface area contributed by atoms with Gasteiger partial charge in [-0.15, -0.1) is 0 Å². The number of hydrogen-bond donors (Lipinski definition) is 2. The molecule has 1 aromatic carbocycles. The van der Waals surface area contributed by atoms with E-state index in [0.29, 0.717) is 5.95 Å². The van der Waals surface area contributed by atoms with Crippen molar-refractivity contribution in [1.29, 1.82) is 0 Å². The van der Waals surface area contributed by atoms with Gasteiger partial charge in [0.05, 0.1) is 5.52 Å². The highest BCUT2D eigenvalue weighted by atomic mass is 16.5. The predicted octanol–water partition coefficient (Wildman–Crippen LogP) is 2.90. The van der Waals surface area contributed by atoms with Crippen LogP contribution in [0.15, 0.2) is 24.3 Å². The van der Waals surface area contributed by atoms with E-state index in [1.54, 1.807) is 0 Å². The lowest BCUT2D eigenvalue weighted by Gasteiger charge is -2.33. The maximum Gasteiger partial charge on any atom is 0.224 e. The summed E-state index contributed by atoms with van der Waals surface area (Å²) in [5, 5.41) is 7.61. The molecule has 0 unspecified atom stereocenters. The van der Waals surface area contributed by atoms with Crippen molar-refractivity contribution in [2.75, 3.05) is 37.4 Å². The Morgan fingerprint density at radius 3 is 2.71 bits per heavy atom. The fourth-order valence-corrected chi connectivity index (χ4v) is 2.66. The highest BCUT2D eigenvalue weighted by Gasteiger charge is 2.27. The van der Waals surface area contributed by atoms with E-state index < -0.39 is 0 Å². The van der Waals surface area contributed by atoms with Crippen molar-refractivity contribution in [3.8, 4) is 0 Å². The fraction of sp³-hybridized carbons (Fsp3) is 0.500. The van der Waals surface area contributed by atoms with Crippen LogP contribution in [0.2, 0.25) is 0 Å². The number of fused-ring (bicyclic) bond motifs is 1. The van der Waals surface area contributed by atoms with Gasteiger partial charge in [-0.2, -0.15) is 4.98 Å². The average molecular weight is 286 g/mol. The molecule has 0 atom stereocenters. The summed E-state index contributed by atoms with van der Waals surface area (Å²) in [5.74, 6) is 1.55. The number of rotatable bonds is 4. The summed E-state index contributed by atoms with van der Waals surface area (Å²) in [6, 6.07) is 8.09. The van der Waals surface area contributed by atoms with Crippen LogP contribution < -0.4 is 10.6 Å². The van der Waals surface area contributed by atoms with Gasteiger partial charge in [-0.05, 0) is 30.4 Å². The Bertz CT molecular complexity index is 623. The lowest BCUT2D eigenvalue weighted by molar-refractivity contribution is 0.0300. The van der Waals surface area contributed by atoms with Gasteiger partial charge in [0.1, 0.15) is 5.82 Å². The van der Waals surface area contributed by atoms with E-state index in [1.165, 1.54) is 0 Å². The first kappa shape index (κ1) is 14.1. The first-order valence-corrected chi connectivity index (χ1v) is 7.46. The van der Waals surface area contributed by atoms with Crippen molar-refractivity contribution in [2.24, 2.45) is 5.41 Å². The van der Waals surface area contributed by atoms with Gasteiger partial charge in [0.2, 0.25) is 5.95 Å². The number of nitrogens with zero attached hydrogens (tertiary/aromatic N) is 2. The molecule has 2 heterocycles. The summed E-state index contributed by atoms with van der Waals surface area (Å²) >= 11 is 0. The summed E-state index contributed by atoms with van der Waals surface area (Å²) in [6.45, 7) is 4.92. The zero-order chi connectivity index (χ0) is 14.7. The molecular weight excluding hydrogens is 264 g/mol. The summed E-state index contributed by atoms with van der Waals surface area (Å²) < 4.78 is 5.46. The molecule has 1 aliphatic heterocycles. The Balaban J connectivity index is 1.85. The van der Waals surface area contributed by atoms with E-state index in [1.807, 2.05) is 25.2 Å². The van der Waals surface area contributed by atoms with Crippen LogP contribution in [0.5, 0.6) is 0 Å². The number of benzene rings is 1. The molecule has 0 bridgehead atoms. The molecule has 0 aliphatic carbocycles. The van der Waals surface area contributed by atoms with Gasteiger partial charge >= 0.3 is 0 Å². The van der Waals surface area contributed by atoms with Crippen LogP contribution in [0.1, 0.15) is 19.8 Å². The van der Waals surface area contributed by atoms with Gasteiger partial charge in [-0.1, -0.05) is 19.1 Å². The summed E-state index contributed by atoms with van der Waals surface area (Å²) in [7, 11) is 1.84. The number of ether oxygens (including phenoxy) is 1. The van der Waals surface area contributed by atoms with Crippen molar-refractivity contribution in [3.05, 3.63) is 24.3 Å². The Kier molecular flexibility index (Phi) is 3.92. The average Bonchev–Trinajstić information content (AvgIpc) is 2.53. The van der Waals surface area contributed by atoms with Crippen LogP contribution in [-0.4, -0.2) is 36.8 Å². The van der Waals surface area contributed by atoms with Gasteiger partial charge in [0.25, 0.3) is 0 Å². The fourth-order valence-electron chi connectivity index (χ4n) is 2.66. The standard InChI is InChI=1S/C16H22N4O/c1-16(7-9-21-10-8-16)11-18-14-12-5-3-4-6-13(12)19-15(17-2)20-14/h3-6H,7-11H2,1-2H3,(H2,17,18,19,20). The Morgan fingerprint density at radius 1 is 1.19 bits per heavy atom. The SMILES string of the molecule is CNc1nc(NCC2(C)CCOCC2)c2ccccc2n1. The molecule has 1 fully saturated rings. The zero-order valence-corrected chi connectivity index (χ0v) is 12.6. The quantitative estimate of drug-likeness (QED) is 0.905. The van der Waals surface area contributed by atoms with Crippen molar-refractivity contribution in [1.82, 2.24) is 9.97 Å². The Morgan fingerprint density at radius 2 is 1.95 bits per heavy atom. The largest absolute Gasteiger partial charge is 0.381 e. The van der Waals surface area contributed by atoms with Crippen molar-refractivity contribution in [2.45, 2.75) is 19.8 Å². The van der Waals surface area contributed by atoms with Crippen molar-refractivity contribution in [3.63, 3.8) is 0 Å². The number of para-hydroxylation sites is 1. The molecule has 21 heavy (non-hydrogen) atoms. The molecule has 1 aromatic heterocycles. The number of nitrogens with one attached hydrogen (secondary N) is 2. The highest BCUT2D eigenvalue weighted by molar-refractivity contribution is 5.90. The maximum atomic E-state index is 5.46. The minimum absolute atomic E-state index is 0.268. The number of anilines is 2. The third-order valence-corrected chi connectivity index (χ3v) is 4.21. The highest BCUT2D eigenvalue weighted by Crippen LogP contribution is 2.31. The van der Waals surface area contributed by atoms with Crippen molar-refractivity contribution < 1.29 is 4.74 Å². The molecule has 5 nitrogen and oxygen atoms in total. The maximum absolute atomic E-state index is 5.46. The molecule has 2 N–H and O–H groups in total. The molecule has 0 radical (unpaired) electrons. The zero-order valence-electron chi connectivity index (χ0n) is 12.6. The number of hydrogen-bond acceptors (Lipinski definition) is 5. The molecule has 0 spiro atoms. The van der Waals surface area contributed by atoms with Crippen LogP contribution in [-0.2, 0) is 4.74 Å². The van der Waals surface area contributed by atoms with Gasteiger partial charge in [-0.25, -0.2) is 4.98 Å². The summed E-state index contributed by atoms with van der Waals surface area (Å²) in [5.41, 5.74) is 1.22. The Labute approximate surface area is 125 Å². The third-order valence-electron chi connectivity index (χ3n) is 4.21. The van der Waals surface area contributed by atoms with Crippen molar-refractivity contribution >= 4 is 22.7 Å². The van der Waals surface area contributed by atoms with E-state index in [4.69, 9.17) is 4.74 Å². The minimum Gasteiger partial charge on any atom is -0.381 e. The first-order chi connectivity index (χ1) is 10.2. The number of aromatic nitrogens is 2. The van der Waals surface area contributed by atoms with Gasteiger partial charge in [0.15, 0.2) is 0 Å². The van der Waals surface area contributed by atoms with E-state index in [-0.39, 0.29) is 5.41 Å². The van der Waals surface area contributed by atoms with Crippen LogP contribution in [0.3, 0.4) is 0 Å². The molecular formula is C16H22N4O. The van der Waals surface area contributed by atoms with Gasteiger partial charge in [0, 0.05) is 32.2 Å². The molecule has 5 heteroatoms. The van der Waals surface area contributed by atoms with Crippen LogP contribution >= 0.6 is 0 Å². The van der Waals surface area contributed by atoms with E-state index in [2.05, 4.69) is 33.6 Å². The van der Waals surface area contributed by atoms with Gasteiger partial charge in [-0.3, -0.25) is 0 Å². The first-order valence-electron chi connectivity index (χ1n) is 7.46. The van der Waals surface area contributed by atoms with Gasteiger partial charge < -0.3 is 15.4 Å².